The van der Waals surface area contributed by atoms with Crippen LogP contribution in [0.25, 0.3) is 0 Å². The summed E-state index contributed by atoms with van der Waals surface area (Å²) in [5.41, 5.74) is 0.358. The fraction of sp³-hybridized carbons (Fsp3) is 0.964. The number of carbonyl (C=O) groups is 1. The van der Waals surface area contributed by atoms with Gasteiger partial charge in [0.15, 0.2) is 0 Å². The number of ketones is 1. The van der Waals surface area contributed by atoms with Crippen molar-refractivity contribution in [3.63, 3.8) is 0 Å². The Morgan fingerprint density at radius 3 is 2.29 bits per heavy atom. The Labute approximate surface area is 190 Å². The van der Waals surface area contributed by atoms with Crippen LogP contribution in [0, 0.1) is 58.2 Å². The third kappa shape index (κ3) is 3.84. The van der Waals surface area contributed by atoms with Gasteiger partial charge in [-0.1, -0.05) is 41.5 Å². The molecule has 0 saturated heterocycles. The topological polar surface area (TPSA) is 57.5 Å². The third-order valence-electron chi connectivity index (χ3n) is 11.5. The summed E-state index contributed by atoms with van der Waals surface area (Å²) in [5, 5.41) is 21.4. The highest BCUT2D eigenvalue weighted by atomic mass is 16.3. The second-order valence-corrected chi connectivity index (χ2v) is 13.1. The second kappa shape index (κ2) is 8.42. The molecule has 31 heavy (non-hydrogen) atoms. The molecule has 0 heterocycles. The number of hydrogen-bond acceptors (Lipinski definition) is 3. The summed E-state index contributed by atoms with van der Waals surface area (Å²) >= 11 is 0. The van der Waals surface area contributed by atoms with Gasteiger partial charge in [0.25, 0.3) is 0 Å². The molecule has 4 aliphatic carbocycles. The number of fused-ring (bicyclic) bond motifs is 5. The maximum atomic E-state index is 13.3. The molecule has 0 aromatic carbocycles. The lowest BCUT2D eigenvalue weighted by Gasteiger charge is -2.60. The number of rotatable bonds is 5. The zero-order chi connectivity index (χ0) is 22.7. The molecule has 3 nitrogen and oxygen atoms in total. The fourth-order valence-electron chi connectivity index (χ4n) is 9.06. The van der Waals surface area contributed by atoms with Crippen LogP contribution in [0.5, 0.6) is 0 Å². The SMILES string of the molecule is CC(C)C(C)C[C@H](O)[C@@H](C)[C@H]1CC[C@H]2[C@@H]3CC(=O)[C@H]4C[C@@H](O)CC[C@]4(C)[C@H]3CC[C@]12C. The summed E-state index contributed by atoms with van der Waals surface area (Å²) in [5.74, 6) is 4.37. The maximum Gasteiger partial charge on any atom is 0.136 e. The molecule has 0 spiro atoms. The Bertz CT molecular complexity index is 673. The van der Waals surface area contributed by atoms with Gasteiger partial charge < -0.3 is 10.2 Å². The first-order valence-electron chi connectivity index (χ1n) is 13.4. The summed E-state index contributed by atoms with van der Waals surface area (Å²) in [6.45, 7) is 14.0. The lowest BCUT2D eigenvalue weighted by Crippen LogP contribution is -2.57. The molecule has 0 amide bonds. The van der Waals surface area contributed by atoms with Crippen molar-refractivity contribution in [2.75, 3.05) is 0 Å². The standard InChI is InChI=1S/C28H48O3/c1-16(2)17(3)13-25(30)18(4)21-7-8-22-20-15-26(31)24-14-19(29)9-11-28(24,6)23(20)10-12-27(21,22)5/h16-25,29-30H,7-15H2,1-6H3/t17?,18-,19-,20-,21+,22-,23-,24+,25-,27+,28+/m0/s1. The van der Waals surface area contributed by atoms with Gasteiger partial charge in [0.2, 0.25) is 0 Å². The normalized spacial score (nSPS) is 48.0. The molecule has 4 fully saturated rings. The van der Waals surface area contributed by atoms with Crippen molar-refractivity contribution in [1.82, 2.24) is 0 Å². The number of aliphatic hydroxyl groups excluding tert-OH is 2. The Morgan fingerprint density at radius 1 is 0.968 bits per heavy atom. The molecule has 1 unspecified atom stereocenters. The first kappa shape index (κ1) is 23.7. The van der Waals surface area contributed by atoms with Crippen LogP contribution in [0.3, 0.4) is 0 Å². The number of Topliss-reactive ketones (excluding diaryl/α,β-unsaturated/α-hetero) is 1. The van der Waals surface area contributed by atoms with E-state index in [-0.39, 0.29) is 29.0 Å². The highest BCUT2D eigenvalue weighted by Gasteiger charge is 2.62. The van der Waals surface area contributed by atoms with E-state index in [2.05, 4.69) is 41.5 Å². The molecule has 4 saturated carbocycles. The van der Waals surface area contributed by atoms with Crippen LogP contribution >= 0.6 is 0 Å². The van der Waals surface area contributed by atoms with Gasteiger partial charge in [-0.2, -0.15) is 0 Å². The third-order valence-corrected chi connectivity index (χ3v) is 11.5. The highest BCUT2D eigenvalue weighted by Crippen LogP contribution is 2.67. The minimum absolute atomic E-state index is 0.0809. The molecule has 3 heteroatoms. The molecule has 2 N–H and O–H groups in total. The molecule has 178 valence electrons. The number of carbonyl (C=O) groups excluding carboxylic acids is 1. The Hall–Kier alpha value is -0.410. The van der Waals surface area contributed by atoms with Crippen LogP contribution in [0.2, 0.25) is 0 Å². The first-order valence-corrected chi connectivity index (χ1v) is 13.4. The van der Waals surface area contributed by atoms with E-state index in [0.717, 1.165) is 25.7 Å². The van der Waals surface area contributed by atoms with E-state index in [1.54, 1.807) is 0 Å². The zero-order valence-corrected chi connectivity index (χ0v) is 20.9. The van der Waals surface area contributed by atoms with Crippen LogP contribution in [0.1, 0.15) is 99.3 Å². The lowest BCUT2D eigenvalue weighted by atomic mass is 9.44. The van der Waals surface area contributed by atoms with Crippen molar-refractivity contribution in [1.29, 1.82) is 0 Å². The van der Waals surface area contributed by atoms with E-state index in [9.17, 15) is 15.0 Å². The molecule has 0 aliphatic heterocycles. The van der Waals surface area contributed by atoms with Crippen LogP contribution in [0.4, 0.5) is 0 Å². The van der Waals surface area contributed by atoms with E-state index in [4.69, 9.17) is 0 Å². The second-order valence-electron chi connectivity index (χ2n) is 13.1. The molecule has 4 rings (SSSR count). The monoisotopic (exact) mass is 432 g/mol. The molecule has 0 radical (unpaired) electrons. The summed E-state index contributed by atoms with van der Waals surface area (Å²) < 4.78 is 0. The predicted molar refractivity (Wildman–Crippen MR) is 125 cm³/mol. The summed E-state index contributed by atoms with van der Waals surface area (Å²) in [6.07, 6.45) is 8.65. The minimum atomic E-state index is -0.279. The molecule has 11 atom stereocenters. The van der Waals surface area contributed by atoms with E-state index in [0.29, 0.717) is 53.6 Å². The summed E-state index contributed by atoms with van der Waals surface area (Å²) in [4.78, 5) is 13.3. The largest absolute Gasteiger partial charge is 0.393 e. The van der Waals surface area contributed by atoms with Gasteiger partial charge in [0, 0.05) is 12.3 Å². The summed E-state index contributed by atoms with van der Waals surface area (Å²) in [6, 6.07) is 0. The van der Waals surface area contributed by atoms with Crippen LogP contribution in [-0.4, -0.2) is 28.2 Å². The summed E-state index contributed by atoms with van der Waals surface area (Å²) in [7, 11) is 0. The molecular formula is C28H48O3. The van der Waals surface area contributed by atoms with Crippen molar-refractivity contribution >= 4 is 5.78 Å². The zero-order valence-electron chi connectivity index (χ0n) is 20.9. The molecule has 0 aromatic heterocycles. The minimum Gasteiger partial charge on any atom is -0.393 e. The highest BCUT2D eigenvalue weighted by molar-refractivity contribution is 5.83. The number of hydrogen-bond donors (Lipinski definition) is 2. The van der Waals surface area contributed by atoms with Gasteiger partial charge in [-0.15, -0.1) is 0 Å². The molecule has 0 bridgehead atoms. The van der Waals surface area contributed by atoms with Crippen LogP contribution in [-0.2, 0) is 4.79 Å². The van der Waals surface area contributed by atoms with Gasteiger partial charge in [-0.25, -0.2) is 0 Å². The molecular weight excluding hydrogens is 384 g/mol. The van der Waals surface area contributed by atoms with Gasteiger partial charge in [0.1, 0.15) is 5.78 Å². The van der Waals surface area contributed by atoms with Crippen molar-refractivity contribution < 1.29 is 15.0 Å². The van der Waals surface area contributed by atoms with E-state index >= 15 is 0 Å². The van der Waals surface area contributed by atoms with Gasteiger partial charge in [0.05, 0.1) is 12.2 Å². The Kier molecular flexibility index (Phi) is 6.45. The van der Waals surface area contributed by atoms with Crippen molar-refractivity contribution in [3.8, 4) is 0 Å². The van der Waals surface area contributed by atoms with Gasteiger partial charge in [-0.3, -0.25) is 4.79 Å². The fourth-order valence-corrected chi connectivity index (χ4v) is 9.06. The Morgan fingerprint density at radius 2 is 1.61 bits per heavy atom. The van der Waals surface area contributed by atoms with Crippen molar-refractivity contribution in [2.45, 2.75) is 112 Å². The average Bonchev–Trinajstić information content (AvgIpc) is 3.06. The molecule has 4 aliphatic rings. The van der Waals surface area contributed by atoms with E-state index in [1.165, 1.54) is 25.7 Å². The van der Waals surface area contributed by atoms with Crippen LogP contribution < -0.4 is 0 Å². The smallest absolute Gasteiger partial charge is 0.136 e. The predicted octanol–water partition coefficient (Wildman–Crippen LogP) is 5.86. The van der Waals surface area contributed by atoms with E-state index in [1.807, 2.05) is 0 Å². The van der Waals surface area contributed by atoms with Crippen molar-refractivity contribution in [2.24, 2.45) is 58.2 Å². The lowest BCUT2D eigenvalue weighted by molar-refractivity contribution is -0.160. The van der Waals surface area contributed by atoms with Crippen LogP contribution in [0.15, 0.2) is 0 Å². The van der Waals surface area contributed by atoms with E-state index < -0.39 is 0 Å². The average molecular weight is 433 g/mol. The Balaban J connectivity index is 1.53. The quantitative estimate of drug-likeness (QED) is 0.572. The number of aliphatic hydroxyl groups is 2. The maximum absolute atomic E-state index is 13.3. The first-order chi connectivity index (χ1) is 14.5. The molecule has 0 aromatic rings. The van der Waals surface area contributed by atoms with Gasteiger partial charge >= 0.3 is 0 Å². The van der Waals surface area contributed by atoms with Gasteiger partial charge in [-0.05, 0) is 104 Å². The van der Waals surface area contributed by atoms with Crippen molar-refractivity contribution in [3.05, 3.63) is 0 Å².